The second-order valence-electron chi connectivity index (χ2n) is 5.83. The van der Waals surface area contributed by atoms with Crippen molar-refractivity contribution in [2.24, 2.45) is 0 Å². The molecule has 0 saturated carbocycles. The Balaban J connectivity index is 1.68. The lowest BCUT2D eigenvalue weighted by Crippen LogP contribution is -2.45. The predicted molar refractivity (Wildman–Crippen MR) is 91.2 cm³/mol. The fourth-order valence-corrected chi connectivity index (χ4v) is 2.69. The number of amides is 2. The van der Waals surface area contributed by atoms with Crippen LogP contribution in [0.1, 0.15) is 18.3 Å². The fraction of sp³-hybridized carbons (Fsp3) is 0.471. The van der Waals surface area contributed by atoms with Crippen LogP contribution in [0.3, 0.4) is 0 Å². The number of urea groups is 1. The van der Waals surface area contributed by atoms with Crippen LogP contribution in [-0.2, 0) is 9.47 Å². The largest absolute Gasteiger partial charge is 0.376 e. The van der Waals surface area contributed by atoms with Crippen LogP contribution >= 0.6 is 0 Å². The van der Waals surface area contributed by atoms with Gasteiger partial charge in [-0.05, 0) is 39.0 Å². The molecule has 1 aromatic heterocycles. The molecule has 0 spiro atoms. The summed E-state index contributed by atoms with van der Waals surface area (Å²) in [5.74, 6) is 0. The average Bonchev–Trinajstić information content (AvgIpc) is 2.96. The van der Waals surface area contributed by atoms with Gasteiger partial charge in [0.25, 0.3) is 0 Å². The molecule has 3 rings (SSSR count). The van der Waals surface area contributed by atoms with E-state index in [1.54, 1.807) is 0 Å². The van der Waals surface area contributed by atoms with Crippen LogP contribution < -0.4 is 10.6 Å². The zero-order valence-electron chi connectivity index (χ0n) is 14.1. The topological polar surface area (TPSA) is 85.4 Å². The predicted octanol–water partition coefficient (Wildman–Crippen LogP) is 2.17. The van der Waals surface area contributed by atoms with E-state index in [1.165, 1.54) is 0 Å². The molecule has 1 aliphatic rings. The van der Waals surface area contributed by atoms with Gasteiger partial charge in [-0.2, -0.15) is 0 Å². The average molecular weight is 330 g/mol. The number of benzene rings is 1. The molecule has 2 heterocycles. The van der Waals surface area contributed by atoms with Crippen molar-refractivity contribution in [2.75, 3.05) is 25.1 Å². The Labute approximate surface area is 140 Å². The summed E-state index contributed by atoms with van der Waals surface area (Å²) >= 11 is 0. The van der Waals surface area contributed by atoms with Crippen LogP contribution in [0, 0.1) is 13.8 Å². The van der Waals surface area contributed by atoms with E-state index in [2.05, 4.69) is 20.6 Å². The molecule has 0 aliphatic carbocycles. The highest BCUT2D eigenvalue weighted by Crippen LogP contribution is 2.18. The third-order valence-electron chi connectivity index (χ3n) is 4.06. The van der Waals surface area contributed by atoms with E-state index in [9.17, 15) is 4.79 Å². The van der Waals surface area contributed by atoms with Crippen LogP contribution in [-0.4, -0.2) is 48.0 Å². The maximum Gasteiger partial charge on any atom is 0.319 e. The molecule has 7 nitrogen and oxygen atoms in total. The number of aryl methyl sites for hydroxylation is 2. The quantitative estimate of drug-likeness (QED) is 0.897. The lowest BCUT2D eigenvalue weighted by Gasteiger charge is -2.19. The normalized spacial score (nSPS) is 20.3. The fourth-order valence-electron chi connectivity index (χ4n) is 2.69. The van der Waals surface area contributed by atoms with E-state index < -0.39 is 0 Å². The lowest BCUT2D eigenvalue weighted by molar-refractivity contribution is 0.0428. The second-order valence-corrected chi connectivity index (χ2v) is 5.83. The number of aromatic nitrogens is 2. The Kier molecular flexibility index (Phi) is 4.92. The standard InChI is InChI=1S/C17H22N4O3/c1-4-24-16-9-23-8-15(16)21-17(22)20-12-5-6-13-14(7-12)19-11(3)10(2)18-13/h5-7,15-16H,4,8-9H2,1-3H3,(H2,20,21,22)/t15-,16-/m1/s1. The van der Waals surface area contributed by atoms with Gasteiger partial charge in [0.05, 0.1) is 41.7 Å². The van der Waals surface area contributed by atoms with Gasteiger partial charge < -0.3 is 20.1 Å². The van der Waals surface area contributed by atoms with Crippen molar-refractivity contribution >= 4 is 22.8 Å². The number of ether oxygens (including phenoxy) is 2. The van der Waals surface area contributed by atoms with Crippen LogP contribution in [0.5, 0.6) is 0 Å². The smallest absolute Gasteiger partial charge is 0.319 e. The first kappa shape index (κ1) is 16.6. The van der Waals surface area contributed by atoms with Crippen molar-refractivity contribution in [3.05, 3.63) is 29.6 Å². The first-order chi connectivity index (χ1) is 11.6. The number of carbonyl (C=O) groups excluding carboxylic acids is 1. The van der Waals surface area contributed by atoms with Gasteiger partial charge in [0.15, 0.2) is 0 Å². The number of nitrogens with one attached hydrogen (secondary N) is 2. The lowest BCUT2D eigenvalue weighted by atomic mass is 10.2. The minimum atomic E-state index is -0.286. The van der Waals surface area contributed by atoms with Crippen molar-refractivity contribution in [1.82, 2.24) is 15.3 Å². The number of hydrogen-bond acceptors (Lipinski definition) is 5. The van der Waals surface area contributed by atoms with Gasteiger partial charge in [0, 0.05) is 12.3 Å². The number of rotatable bonds is 4. The summed E-state index contributed by atoms with van der Waals surface area (Å²) in [5, 5.41) is 5.72. The van der Waals surface area contributed by atoms with E-state index in [0.717, 1.165) is 22.4 Å². The van der Waals surface area contributed by atoms with Crippen molar-refractivity contribution in [3.63, 3.8) is 0 Å². The molecule has 7 heteroatoms. The summed E-state index contributed by atoms with van der Waals surface area (Å²) in [6, 6.07) is 5.06. The summed E-state index contributed by atoms with van der Waals surface area (Å²) in [6.07, 6.45) is -0.103. The first-order valence-electron chi connectivity index (χ1n) is 8.08. The summed E-state index contributed by atoms with van der Waals surface area (Å²) in [4.78, 5) is 21.2. The molecular weight excluding hydrogens is 308 g/mol. The molecule has 0 bridgehead atoms. The van der Waals surface area contributed by atoms with Crippen LogP contribution in [0.4, 0.5) is 10.5 Å². The van der Waals surface area contributed by atoms with E-state index >= 15 is 0 Å². The monoisotopic (exact) mass is 330 g/mol. The van der Waals surface area contributed by atoms with Gasteiger partial charge in [0.1, 0.15) is 6.10 Å². The maximum atomic E-state index is 12.2. The number of nitrogens with zero attached hydrogens (tertiary/aromatic N) is 2. The van der Waals surface area contributed by atoms with E-state index in [0.29, 0.717) is 25.5 Å². The van der Waals surface area contributed by atoms with Gasteiger partial charge >= 0.3 is 6.03 Å². The van der Waals surface area contributed by atoms with E-state index in [-0.39, 0.29) is 18.2 Å². The minimum absolute atomic E-state index is 0.103. The Morgan fingerprint density at radius 2 is 2.00 bits per heavy atom. The van der Waals surface area contributed by atoms with E-state index in [1.807, 2.05) is 39.0 Å². The van der Waals surface area contributed by atoms with Gasteiger partial charge in [-0.15, -0.1) is 0 Å². The molecule has 1 saturated heterocycles. The summed E-state index contributed by atoms with van der Waals surface area (Å²) in [6.45, 7) is 7.33. The first-order valence-corrected chi connectivity index (χ1v) is 8.08. The summed E-state index contributed by atoms with van der Waals surface area (Å²) in [5.41, 5.74) is 4.03. The molecular formula is C17H22N4O3. The Morgan fingerprint density at radius 1 is 1.25 bits per heavy atom. The van der Waals surface area contributed by atoms with Crippen LogP contribution in [0.2, 0.25) is 0 Å². The summed E-state index contributed by atoms with van der Waals surface area (Å²) in [7, 11) is 0. The molecule has 2 atom stereocenters. The zero-order valence-corrected chi connectivity index (χ0v) is 14.1. The Hall–Kier alpha value is -2.25. The highest BCUT2D eigenvalue weighted by Gasteiger charge is 2.30. The summed E-state index contributed by atoms with van der Waals surface area (Å²) < 4.78 is 10.9. The SMILES string of the molecule is CCO[C@@H]1COC[C@H]1NC(=O)Nc1ccc2nc(C)c(C)nc2c1. The molecule has 0 radical (unpaired) electrons. The third-order valence-corrected chi connectivity index (χ3v) is 4.06. The van der Waals surface area contributed by atoms with Crippen LogP contribution in [0.15, 0.2) is 18.2 Å². The van der Waals surface area contributed by atoms with Crippen molar-refractivity contribution < 1.29 is 14.3 Å². The maximum absolute atomic E-state index is 12.2. The number of carbonyl (C=O) groups is 1. The second kappa shape index (κ2) is 7.11. The van der Waals surface area contributed by atoms with Gasteiger partial charge in [0.2, 0.25) is 0 Å². The molecule has 2 amide bonds. The van der Waals surface area contributed by atoms with Crippen molar-refractivity contribution in [2.45, 2.75) is 32.9 Å². The molecule has 1 aromatic carbocycles. The number of fused-ring (bicyclic) bond motifs is 1. The van der Waals surface area contributed by atoms with Crippen LogP contribution in [0.25, 0.3) is 11.0 Å². The molecule has 1 aliphatic heterocycles. The number of anilines is 1. The van der Waals surface area contributed by atoms with Gasteiger partial charge in [-0.25, -0.2) is 14.8 Å². The van der Waals surface area contributed by atoms with E-state index in [4.69, 9.17) is 9.47 Å². The Bertz CT molecular complexity index is 750. The third kappa shape index (κ3) is 3.63. The molecule has 0 unspecified atom stereocenters. The zero-order chi connectivity index (χ0) is 17.1. The minimum Gasteiger partial charge on any atom is -0.376 e. The highest BCUT2D eigenvalue weighted by molar-refractivity contribution is 5.92. The van der Waals surface area contributed by atoms with Crippen molar-refractivity contribution in [3.8, 4) is 0 Å². The van der Waals surface area contributed by atoms with Crippen molar-refractivity contribution in [1.29, 1.82) is 0 Å². The molecule has 2 N–H and O–H groups in total. The highest BCUT2D eigenvalue weighted by atomic mass is 16.5. The van der Waals surface area contributed by atoms with Gasteiger partial charge in [-0.1, -0.05) is 0 Å². The number of hydrogen-bond donors (Lipinski definition) is 2. The Morgan fingerprint density at radius 3 is 2.75 bits per heavy atom. The molecule has 128 valence electrons. The van der Waals surface area contributed by atoms with Gasteiger partial charge in [-0.3, -0.25) is 0 Å². The molecule has 1 fully saturated rings. The molecule has 24 heavy (non-hydrogen) atoms. The molecule has 2 aromatic rings.